The second-order valence-electron chi connectivity index (χ2n) is 3.68. The van der Waals surface area contributed by atoms with Crippen molar-refractivity contribution >= 4 is 11.9 Å². The molecule has 1 aromatic rings. The third-order valence-electron chi connectivity index (χ3n) is 2.23. The van der Waals surface area contributed by atoms with E-state index in [-0.39, 0.29) is 18.8 Å². The van der Waals surface area contributed by atoms with E-state index in [0.29, 0.717) is 12.4 Å². The lowest BCUT2D eigenvalue weighted by Gasteiger charge is -2.10. The Hall–Kier alpha value is -1.88. The molecular weight excluding hydrogens is 234 g/mol. The highest BCUT2D eigenvalue weighted by atomic mass is 16.5. The number of carbonyl (C=O) groups excluding carboxylic acids is 2. The van der Waals surface area contributed by atoms with Crippen LogP contribution in [0.15, 0.2) is 30.3 Å². The minimum absolute atomic E-state index is 0.110. The number of para-hydroxylation sites is 1. The molecular formula is C13H17NO4. The van der Waals surface area contributed by atoms with E-state index in [9.17, 15) is 9.59 Å². The predicted octanol–water partition coefficient (Wildman–Crippen LogP) is 1.26. The minimum Gasteiger partial charge on any atom is -0.466 e. The monoisotopic (exact) mass is 251 g/mol. The highest BCUT2D eigenvalue weighted by Crippen LogP contribution is 2.10. The Kier molecular flexibility index (Phi) is 5.87. The number of hydrogen-bond donors (Lipinski definition) is 1. The Morgan fingerprint density at radius 2 is 1.94 bits per heavy atom. The summed E-state index contributed by atoms with van der Waals surface area (Å²) < 4.78 is 9.80. The molecule has 0 saturated heterocycles. The molecule has 1 rings (SSSR count). The van der Waals surface area contributed by atoms with Gasteiger partial charge in [-0.1, -0.05) is 18.2 Å². The fraction of sp³-hybridized carbons (Fsp3) is 0.385. The standard InChI is InChI=1S/C13H17NO4/c1-2-17-12(15)9-8-11(14)13(16)18-10-6-4-3-5-7-10/h3-7,11H,2,8-9,14H2,1H3/t11-/m0/s1. The van der Waals surface area contributed by atoms with Gasteiger partial charge in [0, 0.05) is 6.42 Å². The number of benzene rings is 1. The van der Waals surface area contributed by atoms with Crippen LogP contribution in [0.3, 0.4) is 0 Å². The third kappa shape index (κ3) is 4.97. The van der Waals surface area contributed by atoms with E-state index in [4.69, 9.17) is 15.2 Å². The largest absolute Gasteiger partial charge is 0.466 e. The lowest BCUT2D eigenvalue weighted by Crippen LogP contribution is -2.34. The Labute approximate surface area is 106 Å². The van der Waals surface area contributed by atoms with Crippen molar-refractivity contribution in [1.82, 2.24) is 0 Å². The zero-order valence-corrected chi connectivity index (χ0v) is 10.3. The molecule has 0 unspecified atom stereocenters. The molecule has 0 saturated carbocycles. The molecule has 5 nitrogen and oxygen atoms in total. The summed E-state index contributed by atoms with van der Waals surface area (Å²) in [5.41, 5.74) is 5.63. The van der Waals surface area contributed by atoms with Crippen LogP contribution in [-0.4, -0.2) is 24.6 Å². The first-order valence-electron chi connectivity index (χ1n) is 5.81. The van der Waals surface area contributed by atoms with Crippen LogP contribution in [0.1, 0.15) is 19.8 Å². The van der Waals surface area contributed by atoms with Crippen molar-refractivity contribution in [1.29, 1.82) is 0 Å². The Balaban J connectivity index is 2.35. The fourth-order valence-corrected chi connectivity index (χ4v) is 1.30. The summed E-state index contributed by atoms with van der Waals surface area (Å²) in [5, 5.41) is 0. The van der Waals surface area contributed by atoms with Crippen molar-refractivity contribution in [2.45, 2.75) is 25.8 Å². The average Bonchev–Trinajstić information content (AvgIpc) is 2.37. The molecule has 0 spiro atoms. The third-order valence-corrected chi connectivity index (χ3v) is 2.23. The van der Waals surface area contributed by atoms with Gasteiger partial charge < -0.3 is 15.2 Å². The van der Waals surface area contributed by atoms with Gasteiger partial charge in [-0.2, -0.15) is 0 Å². The van der Waals surface area contributed by atoms with Crippen molar-refractivity contribution < 1.29 is 19.1 Å². The second-order valence-corrected chi connectivity index (χ2v) is 3.68. The minimum atomic E-state index is -0.824. The van der Waals surface area contributed by atoms with E-state index in [1.54, 1.807) is 31.2 Å². The number of carbonyl (C=O) groups is 2. The van der Waals surface area contributed by atoms with E-state index >= 15 is 0 Å². The number of nitrogens with two attached hydrogens (primary N) is 1. The summed E-state index contributed by atoms with van der Waals surface area (Å²) in [5.74, 6) is -0.472. The van der Waals surface area contributed by atoms with Gasteiger partial charge in [-0.05, 0) is 25.5 Å². The van der Waals surface area contributed by atoms with E-state index in [1.807, 2.05) is 6.07 Å². The summed E-state index contributed by atoms with van der Waals surface area (Å²) in [6, 6.07) is 7.83. The molecule has 18 heavy (non-hydrogen) atoms. The van der Waals surface area contributed by atoms with Crippen LogP contribution in [0.2, 0.25) is 0 Å². The first kappa shape index (κ1) is 14.2. The predicted molar refractivity (Wildman–Crippen MR) is 65.9 cm³/mol. The molecule has 0 bridgehead atoms. The maximum absolute atomic E-state index is 11.6. The van der Waals surface area contributed by atoms with Crippen molar-refractivity contribution in [2.75, 3.05) is 6.61 Å². The van der Waals surface area contributed by atoms with Crippen LogP contribution in [0.5, 0.6) is 5.75 Å². The number of ether oxygens (including phenoxy) is 2. The summed E-state index contributed by atoms with van der Waals surface area (Å²) in [7, 11) is 0. The fourth-order valence-electron chi connectivity index (χ4n) is 1.30. The van der Waals surface area contributed by atoms with Gasteiger partial charge in [0.2, 0.25) is 0 Å². The van der Waals surface area contributed by atoms with Gasteiger partial charge >= 0.3 is 11.9 Å². The molecule has 0 aliphatic rings. The van der Waals surface area contributed by atoms with Gasteiger partial charge in [0.15, 0.2) is 0 Å². The topological polar surface area (TPSA) is 78.6 Å². The zero-order valence-electron chi connectivity index (χ0n) is 10.3. The van der Waals surface area contributed by atoms with E-state index in [1.165, 1.54) is 0 Å². The number of hydrogen-bond acceptors (Lipinski definition) is 5. The van der Waals surface area contributed by atoms with Crippen LogP contribution in [0.4, 0.5) is 0 Å². The molecule has 0 aliphatic carbocycles. The van der Waals surface area contributed by atoms with Gasteiger partial charge in [-0.3, -0.25) is 4.79 Å². The van der Waals surface area contributed by atoms with Gasteiger partial charge in [0.05, 0.1) is 6.61 Å². The SMILES string of the molecule is CCOC(=O)CC[C@H](N)C(=O)Oc1ccccc1. The normalized spacial score (nSPS) is 11.7. The average molecular weight is 251 g/mol. The molecule has 0 radical (unpaired) electrons. The Morgan fingerprint density at radius 1 is 1.28 bits per heavy atom. The van der Waals surface area contributed by atoms with Gasteiger partial charge in [-0.15, -0.1) is 0 Å². The first-order valence-corrected chi connectivity index (χ1v) is 5.81. The lowest BCUT2D eigenvalue weighted by molar-refractivity contribution is -0.143. The van der Waals surface area contributed by atoms with E-state index < -0.39 is 12.0 Å². The maximum Gasteiger partial charge on any atom is 0.328 e. The van der Waals surface area contributed by atoms with Crippen molar-refractivity contribution in [2.24, 2.45) is 5.73 Å². The molecule has 0 amide bonds. The first-order chi connectivity index (χ1) is 8.63. The second kappa shape index (κ2) is 7.45. The van der Waals surface area contributed by atoms with Crippen molar-refractivity contribution in [3.05, 3.63) is 30.3 Å². The zero-order chi connectivity index (χ0) is 13.4. The van der Waals surface area contributed by atoms with Crippen LogP contribution >= 0.6 is 0 Å². The van der Waals surface area contributed by atoms with Crippen molar-refractivity contribution in [3.63, 3.8) is 0 Å². The van der Waals surface area contributed by atoms with Crippen LogP contribution in [0, 0.1) is 0 Å². The van der Waals surface area contributed by atoms with Gasteiger partial charge in [-0.25, -0.2) is 4.79 Å². The smallest absolute Gasteiger partial charge is 0.328 e. The molecule has 5 heteroatoms. The van der Waals surface area contributed by atoms with Crippen LogP contribution in [0.25, 0.3) is 0 Å². The Morgan fingerprint density at radius 3 is 2.56 bits per heavy atom. The molecule has 0 aromatic heterocycles. The molecule has 1 aromatic carbocycles. The molecule has 1 atom stereocenters. The number of esters is 2. The van der Waals surface area contributed by atoms with Crippen LogP contribution < -0.4 is 10.5 Å². The van der Waals surface area contributed by atoms with E-state index in [2.05, 4.69) is 0 Å². The van der Waals surface area contributed by atoms with Gasteiger partial charge in [0.1, 0.15) is 11.8 Å². The highest BCUT2D eigenvalue weighted by Gasteiger charge is 2.17. The molecule has 0 aliphatic heterocycles. The summed E-state index contributed by atoms with van der Waals surface area (Å²) in [6.07, 6.45) is 0.323. The Bertz CT molecular complexity index is 391. The van der Waals surface area contributed by atoms with Crippen molar-refractivity contribution in [3.8, 4) is 5.75 Å². The summed E-state index contributed by atoms with van der Waals surface area (Å²) in [4.78, 5) is 22.7. The highest BCUT2D eigenvalue weighted by molar-refractivity contribution is 5.79. The van der Waals surface area contributed by atoms with E-state index in [0.717, 1.165) is 0 Å². The quantitative estimate of drug-likeness (QED) is 0.608. The molecule has 2 N–H and O–H groups in total. The van der Waals surface area contributed by atoms with Gasteiger partial charge in [0.25, 0.3) is 0 Å². The molecule has 98 valence electrons. The summed E-state index contributed by atoms with van der Waals surface area (Å²) >= 11 is 0. The van der Waals surface area contributed by atoms with Crippen LogP contribution in [-0.2, 0) is 14.3 Å². The summed E-state index contributed by atoms with van der Waals surface area (Å²) in [6.45, 7) is 2.05. The lowest BCUT2D eigenvalue weighted by atomic mass is 10.2. The molecule has 0 heterocycles. The number of rotatable bonds is 6. The molecule has 0 fully saturated rings. The maximum atomic E-state index is 11.6.